The molecule has 1 unspecified atom stereocenters. The van der Waals surface area contributed by atoms with Crippen molar-refractivity contribution in [2.75, 3.05) is 49.9 Å². The van der Waals surface area contributed by atoms with Gasteiger partial charge in [0.15, 0.2) is 0 Å². The average molecular weight is 399 g/mol. The van der Waals surface area contributed by atoms with Gasteiger partial charge in [0.2, 0.25) is 11.8 Å². The van der Waals surface area contributed by atoms with E-state index < -0.39 is 0 Å². The molecule has 3 heterocycles. The quantitative estimate of drug-likeness (QED) is 0.795. The van der Waals surface area contributed by atoms with E-state index in [2.05, 4.69) is 22.8 Å². The molecule has 2 fully saturated rings. The maximum atomic E-state index is 12.9. The Morgan fingerprint density at radius 1 is 1.03 bits per heavy atom. The van der Waals surface area contributed by atoms with Crippen molar-refractivity contribution in [3.05, 3.63) is 23.8 Å². The highest BCUT2D eigenvalue weighted by Gasteiger charge is 2.32. The van der Waals surface area contributed by atoms with Gasteiger partial charge in [-0.3, -0.25) is 9.59 Å². The predicted octanol–water partition coefficient (Wildman–Crippen LogP) is 2.52. The summed E-state index contributed by atoms with van der Waals surface area (Å²) in [4.78, 5) is 32.0. The van der Waals surface area contributed by atoms with Gasteiger partial charge in [-0.2, -0.15) is 0 Å². The van der Waals surface area contributed by atoms with Crippen LogP contribution in [0.3, 0.4) is 0 Å². The highest BCUT2D eigenvalue weighted by Crippen LogP contribution is 2.31. The van der Waals surface area contributed by atoms with Crippen LogP contribution >= 0.6 is 0 Å². The number of carbonyl (C=O) groups excluding carboxylic acids is 2. The largest absolute Gasteiger partial charge is 0.398 e. The summed E-state index contributed by atoms with van der Waals surface area (Å²) in [6.07, 6.45) is 5.93. The molecule has 2 amide bonds. The smallest absolute Gasteiger partial charge is 0.242 e. The maximum Gasteiger partial charge on any atom is 0.242 e. The molecule has 0 spiro atoms. The first-order chi connectivity index (χ1) is 14.0. The van der Waals surface area contributed by atoms with E-state index in [0.717, 1.165) is 63.1 Å². The molecule has 4 rings (SSSR count). The first-order valence-corrected chi connectivity index (χ1v) is 11.2. The van der Waals surface area contributed by atoms with E-state index in [9.17, 15) is 9.59 Å². The molecule has 2 N–H and O–H groups in total. The Morgan fingerprint density at radius 3 is 2.59 bits per heavy atom. The van der Waals surface area contributed by atoms with Crippen LogP contribution in [0.1, 0.15) is 44.6 Å². The van der Waals surface area contributed by atoms with Crippen LogP contribution in [0.5, 0.6) is 0 Å². The lowest BCUT2D eigenvalue weighted by Crippen LogP contribution is -2.49. The lowest BCUT2D eigenvalue weighted by molar-refractivity contribution is -0.141. The van der Waals surface area contributed by atoms with Crippen LogP contribution in [0.15, 0.2) is 18.2 Å². The van der Waals surface area contributed by atoms with Gasteiger partial charge in [0.05, 0.1) is 6.54 Å². The SMILES string of the molecule is CC1CCCN(C(=O)C2CCN(C(=O)CN3CCCc4c(N)cccc43)CC2)C1. The Labute approximate surface area is 174 Å². The second-order valence-electron chi connectivity index (χ2n) is 9.06. The minimum atomic E-state index is 0.0832. The second-order valence-corrected chi connectivity index (χ2v) is 9.06. The van der Waals surface area contributed by atoms with Gasteiger partial charge in [0.1, 0.15) is 0 Å². The van der Waals surface area contributed by atoms with Crippen molar-refractivity contribution >= 4 is 23.2 Å². The zero-order valence-corrected chi connectivity index (χ0v) is 17.6. The standard InChI is InChI=1S/C23H34N4O2/c1-17-5-3-12-27(15-17)23(29)18-9-13-25(14-10-18)22(28)16-26-11-4-6-19-20(24)7-2-8-21(19)26/h2,7-8,17-18H,3-6,9-16,24H2,1H3. The number of hydrogen-bond donors (Lipinski definition) is 1. The van der Waals surface area contributed by atoms with Crippen LogP contribution in [0.4, 0.5) is 11.4 Å². The molecule has 0 radical (unpaired) electrons. The topological polar surface area (TPSA) is 69.9 Å². The first kappa shape index (κ1) is 20.0. The van der Waals surface area contributed by atoms with E-state index in [-0.39, 0.29) is 11.8 Å². The molecule has 3 aliphatic heterocycles. The lowest BCUT2D eigenvalue weighted by atomic mass is 9.92. The minimum absolute atomic E-state index is 0.0832. The normalized spacial score (nSPS) is 23.1. The van der Waals surface area contributed by atoms with Gasteiger partial charge >= 0.3 is 0 Å². The number of nitrogens with zero attached hydrogens (tertiary/aromatic N) is 3. The van der Waals surface area contributed by atoms with Crippen molar-refractivity contribution in [3.63, 3.8) is 0 Å². The van der Waals surface area contributed by atoms with Crippen LogP contribution in [-0.2, 0) is 16.0 Å². The second kappa shape index (κ2) is 8.64. The fourth-order valence-electron chi connectivity index (χ4n) is 5.18. The van der Waals surface area contributed by atoms with E-state index in [1.54, 1.807) is 0 Å². The maximum absolute atomic E-state index is 12.9. The van der Waals surface area contributed by atoms with Gasteiger partial charge in [0, 0.05) is 50.0 Å². The first-order valence-electron chi connectivity index (χ1n) is 11.2. The number of benzene rings is 1. The number of nitrogens with two attached hydrogens (primary N) is 1. The number of hydrogen-bond acceptors (Lipinski definition) is 4. The van der Waals surface area contributed by atoms with Crippen molar-refractivity contribution in [3.8, 4) is 0 Å². The van der Waals surface area contributed by atoms with Crippen molar-refractivity contribution in [1.29, 1.82) is 0 Å². The summed E-state index contributed by atoms with van der Waals surface area (Å²) < 4.78 is 0. The molecule has 6 heteroatoms. The van der Waals surface area contributed by atoms with E-state index in [1.165, 1.54) is 12.0 Å². The van der Waals surface area contributed by atoms with Gasteiger partial charge in [-0.1, -0.05) is 13.0 Å². The number of piperidine rings is 2. The third-order valence-corrected chi connectivity index (χ3v) is 6.87. The zero-order chi connectivity index (χ0) is 20.4. The average Bonchev–Trinajstić information content (AvgIpc) is 2.74. The number of carbonyl (C=O) groups is 2. The van der Waals surface area contributed by atoms with Crippen molar-refractivity contribution < 1.29 is 9.59 Å². The molecular weight excluding hydrogens is 364 g/mol. The van der Waals surface area contributed by atoms with E-state index >= 15 is 0 Å². The molecule has 1 atom stereocenters. The molecule has 0 aromatic heterocycles. The van der Waals surface area contributed by atoms with Gasteiger partial charge in [-0.05, 0) is 62.1 Å². The van der Waals surface area contributed by atoms with Gasteiger partial charge in [0.25, 0.3) is 0 Å². The number of nitrogen functional groups attached to an aromatic ring is 1. The highest BCUT2D eigenvalue weighted by molar-refractivity contribution is 5.84. The summed E-state index contributed by atoms with van der Waals surface area (Å²) >= 11 is 0. The lowest BCUT2D eigenvalue weighted by Gasteiger charge is -2.38. The van der Waals surface area contributed by atoms with E-state index in [0.29, 0.717) is 31.5 Å². The third-order valence-electron chi connectivity index (χ3n) is 6.87. The van der Waals surface area contributed by atoms with Crippen molar-refractivity contribution in [1.82, 2.24) is 9.80 Å². The molecule has 1 aromatic rings. The fraction of sp³-hybridized carbons (Fsp3) is 0.652. The molecule has 158 valence electrons. The number of likely N-dealkylation sites (tertiary alicyclic amines) is 2. The van der Waals surface area contributed by atoms with Crippen molar-refractivity contribution in [2.24, 2.45) is 11.8 Å². The zero-order valence-electron chi connectivity index (χ0n) is 17.6. The Bertz CT molecular complexity index is 757. The molecule has 29 heavy (non-hydrogen) atoms. The molecule has 0 bridgehead atoms. The van der Waals surface area contributed by atoms with E-state index in [4.69, 9.17) is 5.73 Å². The van der Waals surface area contributed by atoms with Gasteiger partial charge in [-0.15, -0.1) is 0 Å². The molecule has 0 saturated carbocycles. The summed E-state index contributed by atoms with van der Waals surface area (Å²) in [5, 5.41) is 0. The minimum Gasteiger partial charge on any atom is -0.398 e. The highest BCUT2D eigenvalue weighted by atomic mass is 16.2. The van der Waals surface area contributed by atoms with E-state index in [1.807, 2.05) is 17.0 Å². The van der Waals surface area contributed by atoms with Crippen LogP contribution in [-0.4, -0.2) is 60.9 Å². The molecule has 2 saturated heterocycles. The summed E-state index contributed by atoms with van der Waals surface area (Å²) in [5.74, 6) is 1.16. The molecule has 3 aliphatic rings. The summed E-state index contributed by atoms with van der Waals surface area (Å²) in [6.45, 7) is 6.71. The Morgan fingerprint density at radius 2 is 1.83 bits per heavy atom. The number of amides is 2. The molecule has 0 aliphatic carbocycles. The van der Waals surface area contributed by atoms with Crippen molar-refractivity contribution in [2.45, 2.75) is 45.4 Å². The molecular formula is C23H34N4O2. The Hall–Kier alpha value is -2.24. The molecule has 6 nitrogen and oxygen atoms in total. The van der Waals surface area contributed by atoms with Crippen LogP contribution in [0.2, 0.25) is 0 Å². The van der Waals surface area contributed by atoms with Crippen LogP contribution < -0.4 is 10.6 Å². The number of rotatable bonds is 3. The third kappa shape index (κ3) is 4.36. The molecule has 1 aromatic carbocycles. The summed E-state index contributed by atoms with van der Waals surface area (Å²) in [7, 11) is 0. The fourth-order valence-corrected chi connectivity index (χ4v) is 5.18. The van der Waals surface area contributed by atoms with Gasteiger partial charge in [-0.25, -0.2) is 0 Å². The van der Waals surface area contributed by atoms with Crippen LogP contribution in [0.25, 0.3) is 0 Å². The number of fused-ring (bicyclic) bond motifs is 1. The Kier molecular flexibility index (Phi) is 5.97. The predicted molar refractivity (Wildman–Crippen MR) is 116 cm³/mol. The monoisotopic (exact) mass is 398 g/mol. The summed E-state index contributed by atoms with van der Waals surface area (Å²) in [5.41, 5.74) is 9.24. The number of anilines is 2. The van der Waals surface area contributed by atoms with Crippen LogP contribution in [0, 0.1) is 11.8 Å². The summed E-state index contributed by atoms with van der Waals surface area (Å²) in [6, 6.07) is 5.98. The van der Waals surface area contributed by atoms with Gasteiger partial charge < -0.3 is 20.4 Å². The Balaban J connectivity index is 1.31.